The van der Waals surface area contributed by atoms with Crippen molar-refractivity contribution in [3.63, 3.8) is 0 Å². The fourth-order valence-corrected chi connectivity index (χ4v) is 1.06. The van der Waals surface area contributed by atoms with Crippen molar-refractivity contribution >= 4 is 23.1 Å². The van der Waals surface area contributed by atoms with Gasteiger partial charge in [-0.15, -0.1) is 0 Å². The van der Waals surface area contributed by atoms with E-state index >= 15 is 0 Å². The van der Waals surface area contributed by atoms with Crippen molar-refractivity contribution in [2.75, 3.05) is 0 Å². The third kappa shape index (κ3) is 3.36. The molecule has 0 radical (unpaired) electrons. The predicted molar refractivity (Wildman–Crippen MR) is 33.5 cm³/mol. The first-order chi connectivity index (χ1) is 3.00. The van der Waals surface area contributed by atoms with Crippen molar-refractivity contribution in [3.8, 4) is 0 Å². The van der Waals surface area contributed by atoms with Crippen LogP contribution >= 0.6 is 0 Å². The molecule has 0 spiro atoms. The molecule has 7 heavy (non-hydrogen) atoms. The molecule has 0 bridgehead atoms. The SMILES string of the molecule is C1CCCCC1.[Mg+2]. The molecule has 0 aromatic heterocycles. The molecular weight excluding hydrogens is 96.4 g/mol. The van der Waals surface area contributed by atoms with Crippen LogP contribution in [0.5, 0.6) is 0 Å². The fourth-order valence-electron chi connectivity index (χ4n) is 1.06. The van der Waals surface area contributed by atoms with E-state index < -0.39 is 0 Å². The van der Waals surface area contributed by atoms with Gasteiger partial charge in [-0.2, -0.15) is 0 Å². The van der Waals surface area contributed by atoms with Crippen LogP contribution in [-0.2, 0) is 0 Å². The van der Waals surface area contributed by atoms with Crippen LogP contribution in [0.25, 0.3) is 0 Å². The molecule has 0 N–H and O–H groups in total. The summed E-state index contributed by atoms with van der Waals surface area (Å²) in [7, 11) is 0. The van der Waals surface area contributed by atoms with Crippen LogP contribution in [0, 0.1) is 0 Å². The summed E-state index contributed by atoms with van der Waals surface area (Å²) in [5, 5.41) is 0. The molecule has 1 heteroatoms. The van der Waals surface area contributed by atoms with Crippen molar-refractivity contribution in [3.05, 3.63) is 0 Å². The van der Waals surface area contributed by atoms with Crippen LogP contribution in [0.15, 0.2) is 0 Å². The van der Waals surface area contributed by atoms with Gasteiger partial charge in [-0.1, -0.05) is 38.5 Å². The Morgan fingerprint density at radius 3 is 0.714 bits per heavy atom. The predicted octanol–water partition coefficient (Wildman–Crippen LogP) is 1.96. The molecule has 0 aliphatic heterocycles. The summed E-state index contributed by atoms with van der Waals surface area (Å²) < 4.78 is 0. The normalized spacial score (nSPS) is 20.6. The van der Waals surface area contributed by atoms with Crippen molar-refractivity contribution in [1.82, 2.24) is 0 Å². The Morgan fingerprint density at radius 1 is 0.429 bits per heavy atom. The molecule has 0 heterocycles. The van der Waals surface area contributed by atoms with Gasteiger partial charge in [0.25, 0.3) is 0 Å². The van der Waals surface area contributed by atoms with Gasteiger partial charge < -0.3 is 0 Å². The summed E-state index contributed by atoms with van der Waals surface area (Å²) in [6.45, 7) is 0. The van der Waals surface area contributed by atoms with E-state index in [2.05, 4.69) is 0 Å². The minimum Gasteiger partial charge on any atom is -0.0533 e. The smallest absolute Gasteiger partial charge is 0.0533 e. The molecule has 0 saturated heterocycles. The maximum absolute atomic E-state index is 1.50. The van der Waals surface area contributed by atoms with Crippen LogP contribution in [0.1, 0.15) is 38.5 Å². The molecule has 0 nitrogen and oxygen atoms in total. The maximum Gasteiger partial charge on any atom is 2.00 e. The van der Waals surface area contributed by atoms with Gasteiger partial charge in [0.2, 0.25) is 0 Å². The Hall–Kier alpha value is 0.766. The maximum atomic E-state index is 1.50. The fraction of sp³-hybridized carbons (Fsp3) is 1.00. The van der Waals surface area contributed by atoms with E-state index in [1.807, 2.05) is 0 Å². The van der Waals surface area contributed by atoms with Gasteiger partial charge in [-0.05, 0) is 0 Å². The Morgan fingerprint density at radius 2 is 0.571 bits per heavy atom. The Kier molecular flexibility index (Phi) is 5.45. The van der Waals surface area contributed by atoms with Crippen LogP contribution < -0.4 is 0 Å². The van der Waals surface area contributed by atoms with Gasteiger partial charge in [-0.3, -0.25) is 0 Å². The largest absolute Gasteiger partial charge is 2.00 e. The van der Waals surface area contributed by atoms with Gasteiger partial charge >= 0.3 is 23.1 Å². The summed E-state index contributed by atoms with van der Waals surface area (Å²) >= 11 is 0. The number of rotatable bonds is 0. The minimum absolute atomic E-state index is 0. The van der Waals surface area contributed by atoms with Gasteiger partial charge in [-0.25, -0.2) is 0 Å². The Balaban J connectivity index is 0.000000360. The average Bonchev–Trinajstić information content (AvgIpc) is 1.72. The van der Waals surface area contributed by atoms with Crippen LogP contribution in [0.4, 0.5) is 0 Å². The first kappa shape index (κ1) is 7.77. The van der Waals surface area contributed by atoms with Gasteiger partial charge in [0, 0.05) is 0 Å². The quantitative estimate of drug-likeness (QED) is 0.416. The zero-order chi connectivity index (χ0) is 4.24. The van der Waals surface area contributed by atoms with E-state index in [1.54, 1.807) is 0 Å². The zero-order valence-electron chi connectivity index (χ0n) is 4.95. The molecular formula is C6H12Mg+2. The number of hydrogen-bond acceptors (Lipinski definition) is 0. The monoisotopic (exact) mass is 108 g/mol. The van der Waals surface area contributed by atoms with Gasteiger partial charge in [0.05, 0.1) is 0 Å². The summed E-state index contributed by atoms with van der Waals surface area (Å²) in [5.74, 6) is 0. The van der Waals surface area contributed by atoms with Crippen molar-refractivity contribution in [1.29, 1.82) is 0 Å². The molecule has 1 rings (SSSR count). The van der Waals surface area contributed by atoms with E-state index in [4.69, 9.17) is 0 Å². The molecule has 0 unspecified atom stereocenters. The first-order valence-corrected chi connectivity index (χ1v) is 3.00. The summed E-state index contributed by atoms with van der Waals surface area (Å²) in [6.07, 6.45) is 9.00. The Labute approximate surface area is 61.8 Å². The molecule has 1 saturated carbocycles. The van der Waals surface area contributed by atoms with Crippen LogP contribution in [0.2, 0.25) is 0 Å². The van der Waals surface area contributed by atoms with E-state index in [1.165, 1.54) is 38.5 Å². The average molecular weight is 108 g/mol. The molecule has 1 fully saturated rings. The minimum atomic E-state index is 0. The number of hydrogen-bond donors (Lipinski definition) is 0. The summed E-state index contributed by atoms with van der Waals surface area (Å²) in [5.41, 5.74) is 0. The molecule has 0 aromatic carbocycles. The van der Waals surface area contributed by atoms with E-state index in [0.717, 1.165) is 0 Å². The molecule has 36 valence electrons. The second-order valence-electron chi connectivity index (χ2n) is 2.12. The van der Waals surface area contributed by atoms with Crippen molar-refractivity contribution in [2.24, 2.45) is 0 Å². The third-order valence-corrected chi connectivity index (χ3v) is 1.50. The van der Waals surface area contributed by atoms with Gasteiger partial charge in [0.1, 0.15) is 0 Å². The first-order valence-electron chi connectivity index (χ1n) is 3.00. The topological polar surface area (TPSA) is 0 Å². The Bertz CT molecular complexity index is 19.7. The molecule has 1 aliphatic rings. The third-order valence-electron chi connectivity index (χ3n) is 1.50. The molecule has 0 atom stereocenters. The standard InChI is InChI=1S/C6H12.Mg/c1-2-4-6-5-3-1;/h1-6H2;/q;+2. The van der Waals surface area contributed by atoms with E-state index in [-0.39, 0.29) is 23.1 Å². The zero-order valence-corrected chi connectivity index (χ0v) is 6.36. The summed E-state index contributed by atoms with van der Waals surface area (Å²) in [6, 6.07) is 0. The molecule has 0 aromatic rings. The van der Waals surface area contributed by atoms with Crippen molar-refractivity contribution in [2.45, 2.75) is 38.5 Å². The molecule has 0 amide bonds. The van der Waals surface area contributed by atoms with Crippen molar-refractivity contribution < 1.29 is 0 Å². The van der Waals surface area contributed by atoms with Crippen LogP contribution in [0.3, 0.4) is 0 Å². The van der Waals surface area contributed by atoms with E-state index in [9.17, 15) is 0 Å². The van der Waals surface area contributed by atoms with Crippen LogP contribution in [-0.4, -0.2) is 23.1 Å². The summed E-state index contributed by atoms with van der Waals surface area (Å²) in [4.78, 5) is 0. The van der Waals surface area contributed by atoms with E-state index in [0.29, 0.717) is 0 Å². The molecule has 1 aliphatic carbocycles. The van der Waals surface area contributed by atoms with Gasteiger partial charge in [0.15, 0.2) is 0 Å². The second-order valence-corrected chi connectivity index (χ2v) is 2.12. The second kappa shape index (κ2) is 4.91.